The molecule has 1 atom stereocenters. The van der Waals surface area contributed by atoms with Gasteiger partial charge >= 0.3 is 0 Å². The fourth-order valence-corrected chi connectivity index (χ4v) is 3.33. The van der Waals surface area contributed by atoms with Gasteiger partial charge in [-0.2, -0.15) is 0 Å². The number of anilines is 1. The molecule has 3 rings (SSSR count). The number of guanidine groups is 1. The van der Waals surface area contributed by atoms with Gasteiger partial charge in [0.25, 0.3) is 0 Å². The van der Waals surface area contributed by atoms with Crippen LogP contribution in [0.25, 0.3) is 0 Å². The van der Waals surface area contributed by atoms with Crippen molar-refractivity contribution in [2.45, 2.75) is 6.42 Å². The zero-order chi connectivity index (χ0) is 16.1. The summed E-state index contributed by atoms with van der Waals surface area (Å²) in [7, 11) is 4.06. The van der Waals surface area contributed by atoms with Crippen molar-refractivity contribution in [1.82, 2.24) is 25.1 Å². The first-order chi connectivity index (χ1) is 11.3. The van der Waals surface area contributed by atoms with Crippen LogP contribution in [-0.2, 0) is 0 Å². The van der Waals surface area contributed by atoms with Crippen LogP contribution in [0, 0.1) is 5.92 Å². The summed E-state index contributed by atoms with van der Waals surface area (Å²) in [5.41, 5.74) is 0. The van der Waals surface area contributed by atoms with Gasteiger partial charge in [-0.15, -0.1) is 24.0 Å². The van der Waals surface area contributed by atoms with E-state index in [1.165, 1.54) is 19.5 Å². The number of hydrogen-bond donors (Lipinski definition) is 1. The minimum Gasteiger partial charge on any atom is -0.356 e. The molecular weight excluding hydrogens is 417 g/mol. The number of likely N-dealkylation sites (tertiary alicyclic amines) is 1. The van der Waals surface area contributed by atoms with Crippen LogP contribution >= 0.6 is 24.0 Å². The van der Waals surface area contributed by atoms with Crippen molar-refractivity contribution in [3.8, 4) is 0 Å². The lowest BCUT2D eigenvalue weighted by Crippen LogP contribution is -2.53. The zero-order valence-electron chi connectivity index (χ0n) is 14.6. The molecule has 1 aromatic heterocycles. The number of rotatable bonds is 3. The van der Waals surface area contributed by atoms with Gasteiger partial charge in [0.05, 0.1) is 0 Å². The summed E-state index contributed by atoms with van der Waals surface area (Å²) in [4.78, 5) is 20.1. The van der Waals surface area contributed by atoms with Gasteiger partial charge < -0.3 is 20.0 Å². The molecule has 2 aliphatic rings. The maximum Gasteiger partial charge on any atom is 0.225 e. The summed E-state index contributed by atoms with van der Waals surface area (Å²) >= 11 is 0. The molecule has 1 aromatic rings. The molecule has 0 radical (unpaired) electrons. The summed E-state index contributed by atoms with van der Waals surface area (Å²) in [5, 5.41) is 3.56. The lowest BCUT2D eigenvalue weighted by atomic mass is 10.1. The van der Waals surface area contributed by atoms with Gasteiger partial charge in [-0.05, 0) is 32.0 Å². The van der Waals surface area contributed by atoms with Gasteiger partial charge in [0.15, 0.2) is 5.96 Å². The molecule has 0 aromatic carbocycles. The summed E-state index contributed by atoms with van der Waals surface area (Å²) in [6, 6.07) is 1.85. The van der Waals surface area contributed by atoms with Crippen molar-refractivity contribution in [1.29, 1.82) is 0 Å². The van der Waals surface area contributed by atoms with Crippen LogP contribution in [0.2, 0.25) is 0 Å². The van der Waals surface area contributed by atoms with Gasteiger partial charge in [-0.3, -0.25) is 4.99 Å². The van der Waals surface area contributed by atoms with Crippen molar-refractivity contribution in [2.75, 3.05) is 64.8 Å². The second-order valence-corrected chi connectivity index (χ2v) is 6.37. The molecule has 0 amide bonds. The minimum atomic E-state index is 0. The Morgan fingerprint density at radius 3 is 2.50 bits per heavy atom. The predicted molar refractivity (Wildman–Crippen MR) is 108 cm³/mol. The molecule has 1 N–H and O–H groups in total. The van der Waals surface area contributed by atoms with Crippen molar-refractivity contribution in [3.05, 3.63) is 18.5 Å². The first kappa shape index (κ1) is 19.2. The van der Waals surface area contributed by atoms with E-state index in [0.29, 0.717) is 0 Å². The molecule has 7 nitrogen and oxygen atoms in total. The van der Waals surface area contributed by atoms with E-state index in [9.17, 15) is 0 Å². The number of halogens is 1. The average Bonchev–Trinajstić information content (AvgIpc) is 3.02. The standard InChI is InChI=1S/C16H27N7.HI/c1-17-15(20-12-14-4-7-21(2)13-14)22-8-10-23(11-9-22)16-18-5-3-6-19-16;/h3,5-6,14H,4,7-13H2,1-2H3,(H,17,20);1H. The Labute approximate surface area is 161 Å². The topological polar surface area (TPSA) is 59.9 Å². The molecular formula is C16H28IN7. The van der Waals surface area contributed by atoms with Gasteiger partial charge in [-0.1, -0.05) is 0 Å². The Morgan fingerprint density at radius 1 is 1.21 bits per heavy atom. The molecule has 2 saturated heterocycles. The molecule has 2 fully saturated rings. The quantitative estimate of drug-likeness (QED) is 0.421. The Morgan fingerprint density at radius 2 is 1.92 bits per heavy atom. The molecule has 0 aliphatic carbocycles. The summed E-state index contributed by atoms with van der Waals surface area (Å²) < 4.78 is 0. The van der Waals surface area contributed by atoms with E-state index in [-0.39, 0.29) is 24.0 Å². The van der Waals surface area contributed by atoms with Crippen LogP contribution in [0.15, 0.2) is 23.5 Å². The van der Waals surface area contributed by atoms with Gasteiger partial charge in [0.1, 0.15) is 0 Å². The number of piperazine rings is 1. The highest BCUT2D eigenvalue weighted by molar-refractivity contribution is 14.0. The summed E-state index contributed by atoms with van der Waals surface area (Å²) in [5.74, 6) is 2.58. The first-order valence-corrected chi connectivity index (χ1v) is 8.42. The molecule has 8 heteroatoms. The fourth-order valence-electron chi connectivity index (χ4n) is 3.33. The molecule has 0 spiro atoms. The highest BCUT2D eigenvalue weighted by atomic mass is 127. The lowest BCUT2D eigenvalue weighted by molar-refractivity contribution is 0.361. The van der Waals surface area contributed by atoms with Crippen molar-refractivity contribution in [2.24, 2.45) is 10.9 Å². The van der Waals surface area contributed by atoms with Crippen LogP contribution in [0.5, 0.6) is 0 Å². The van der Waals surface area contributed by atoms with E-state index in [1.807, 2.05) is 13.1 Å². The summed E-state index contributed by atoms with van der Waals surface area (Å²) in [6.07, 6.45) is 4.88. The monoisotopic (exact) mass is 445 g/mol. The molecule has 2 aliphatic heterocycles. The Bertz CT molecular complexity index is 516. The van der Waals surface area contributed by atoms with Crippen molar-refractivity contribution in [3.63, 3.8) is 0 Å². The second kappa shape index (κ2) is 9.36. The highest BCUT2D eigenvalue weighted by Crippen LogP contribution is 2.13. The van der Waals surface area contributed by atoms with Crippen molar-refractivity contribution < 1.29 is 0 Å². The number of aromatic nitrogens is 2. The zero-order valence-corrected chi connectivity index (χ0v) is 16.9. The molecule has 24 heavy (non-hydrogen) atoms. The number of nitrogens with zero attached hydrogens (tertiary/aromatic N) is 6. The van der Waals surface area contributed by atoms with Crippen LogP contribution in [0.4, 0.5) is 5.95 Å². The lowest BCUT2D eigenvalue weighted by Gasteiger charge is -2.36. The van der Waals surface area contributed by atoms with Gasteiger partial charge in [0.2, 0.25) is 5.95 Å². The van der Waals surface area contributed by atoms with Crippen LogP contribution < -0.4 is 10.2 Å². The molecule has 0 saturated carbocycles. The van der Waals surface area contributed by atoms with E-state index in [1.54, 1.807) is 12.4 Å². The normalized spacial score (nSPS) is 22.4. The average molecular weight is 445 g/mol. The van der Waals surface area contributed by atoms with E-state index < -0.39 is 0 Å². The molecule has 134 valence electrons. The van der Waals surface area contributed by atoms with E-state index in [4.69, 9.17) is 0 Å². The number of nitrogens with one attached hydrogen (secondary N) is 1. The van der Waals surface area contributed by atoms with E-state index in [2.05, 4.69) is 42.0 Å². The third-order valence-corrected chi connectivity index (χ3v) is 4.66. The van der Waals surface area contributed by atoms with Crippen LogP contribution in [0.3, 0.4) is 0 Å². The van der Waals surface area contributed by atoms with E-state index in [0.717, 1.165) is 50.5 Å². The fraction of sp³-hybridized carbons (Fsp3) is 0.688. The Kier molecular flexibility index (Phi) is 7.47. The Balaban J connectivity index is 0.00000208. The number of hydrogen-bond acceptors (Lipinski definition) is 5. The largest absolute Gasteiger partial charge is 0.356 e. The second-order valence-electron chi connectivity index (χ2n) is 6.37. The van der Waals surface area contributed by atoms with Crippen LogP contribution in [-0.4, -0.2) is 85.6 Å². The first-order valence-electron chi connectivity index (χ1n) is 8.42. The highest BCUT2D eigenvalue weighted by Gasteiger charge is 2.23. The predicted octanol–water partition coefficient (Wildman–Crippen LogP) is 0.744. The third-order valence-electron chi connectivity index (χ3n) is 4.66. The SMILES string of the molecule is CN=C(NCC1CCN(C)C1)N1CCN(c2ncccn2)CC1.I. The van der Waals surface area contributed by atoms with Gasteiger partial charge in [-0.25, -0.2) is 9.97 Å². The molecule has 1 unspecified atom stereocenters. The third kappa shape index (κ3) is 4.92. The van der Waals surface area contributed by atoms with Crippen LogP contribution in [0.1, 0.15) is 6.42 Å². The maximum absolute atomic E-state index is 4.46. The van der Waals surface area contributed by atoms with Gasteiger partial charge in [0, 0.05) is 58.7 Å². The van der Waals surface area contributed by atoms with Crippen molar-refractivity contribution >= 4 is 35.9 Å². The molecule has 0 bridgehead atoms. The molecule has 3 heterocycles. The summed E-state index contributed by atoms with van der Waals surface area (Å²) in [6.45, 7) is 7.15. The smallest absolute Gasteiger partial charge is 0.225 e. The number of aliphatic imine (C=N–C) groups is 1. The minimum absolute atomic E-state index is 0. The van der Waals surface area contributed by atoms with E-state index >= 15 is 0 Å². The Hall–Kier alpha value is -1.16. The maximum atomic E-state index is 4.46.